The molecule has 1 atom stereocenters. The first-order valence-electron chi connectivity index (χ1n) is 7.67. The van der Waals surface area contributed by atoms with E-state index in [1.54, 1.807) is 6.20 Å². The summed E-state index contributed by atoms with van der Waals surface area (Å²) in [5, 5.41) is 0.749. The van der Waals surface area contributed by atoms with Gasteiger partial charge in [-0.2, -0.15) is 21.6 Å². The van der Waals surface area contributed by atoms with Gasteiger partial charge in [0.25, 0.3) is 10.1 Å². The molecule has 0 bridgehead atoms. The molecule has 2 aromatic carbocycles. The minimum atomic E-state index is -4.47. The first-order valence-corrected chi connectivity index (χ1v) is 9.49. The van der Waals surface area contributed by atoms with Gasteiger partial charge in [0.2, 0.25) is 0 Å². The summed E-state index contributed by atoms with van der Waals surface area (Å²) in [4.78, 5) is 3.03. The summed E-state index contributed by atoms with van der Waals surface area (Å²) >= 11 is 0. The maximum atomic E-state index is 12.8. The average molecular weight is 383 g/mol. The standard InChI is InChI=1S/C18H16F3NO3S/c1-11-3-8-16-14(9-11)15(10-22-16)17(25-26(2,23)24)12-4-6-13(7-5-12)18(19,20)21/h3-10,17,22H,1-2H3. The Balaban J connectivity index is 2.12. The van der Waals surface area contributed by atoms with Gasteiger partial charge in [-0.05, 0) is 36.8 Å². The topological polar surface area (TPSA) is 59.2 Å². The molecule has 1 heterocycles. The number of rotatable bonds is 4. The Morgan fingerprint density at radius 1 is 1.08 bits per heavy atom. The Morgan fingerprint density at radius 3 is 2.31 bits per heavy atom. The van der Waals surface area contributed by atoms with Gasteiger partial charge in [-0.3, -0.25) is 4.18 Å². The van der Waals surface area contributed by atoms with Crippen LogP contribution in [0.2, 0.25) is 0 Å². The van der Waals surface area contributed by atoms with Crippen molar-refractivity contribution in [3.8, 4) is 0 Å². The zero-order chi connectivity index (χ0) is 19.1. The quantitative estimate of drug-likeness (QED) is 0.672. The third kappa shape index (κ3) is 3.91. The van der Waals surface area contributed by atoms with Crippen molar-refractivity contribution in [2.75, 3.05) is 6.26 Å². The van der Waals surface area contributed by atoms with E-state index < -0.39 is 28.0 Å². The van der Waals surface area contributed by atoms with Crippen LogP contribution < -0.4 is 0 Å². The molecular formula is C18H16F3NO3S. The zero-order valence-corrected chi connectivity index (χ0v) is 14.8. The SMILES string of the molecule is Cc1ccc2[nH]cc(C(OS(C)(=O)=O)c3ccc(C(F)(F)F)cc3)c2c1. The highest BCUT2D eigenvalue weighted by Gasteiger charge is 2.31. The van der Waals surface area contributed by atoms with E-state index in [-0.39, 0.29) is 0 Å². The van der Waals surface area contributed by atoms with Crippen molar-refractivity contribution in [3.05, 3.63) is 70.9 Å². The molecule has 0 fully saturated rings. The molecule has 0 spiro atoms. The van der Waals surface area contributed by atoms with Gasteiger partial charge in [0.05, 0.1) is 11.8 Å². The number of aryl methyl sites for hydroxylation is 1. The molecule has 0 amide bonds. The lowest BCUT2D eigenvalue weighted by molar-refractivity contribution is -0.137. The number of H-pyrrole nitrogens is 1. The van der Waals surface area contributed by atoms with Crippen molar-refractivity contribution in [2.24, 2.45) is 0 Å². The van der Waals surface area contributed by atoms with Gasteiger partial charge >= 0.3 is 6.18 Å². The molecule has 0 aliphatic carbocycles. The Morgan fingerprint density at radius 2 is 1.73 bits per heavy atom. The third-order valence-electron chi connectivity index (χ3n) is 3.96. The summed E-state index contributed by atoms with van der Waals surface area (Å²) in [5.41, 5.74) is 1.78. The lowest BCUT2D eigenvalue weighted by atomic mass is 9.99. The third-order valence-corrected chi connectivity index (χ3v) is 4.51. The van der Waals surface area contributed by atoms with E-state index in [2.05, 4.69) is 4.98 Å². The second-order valence-electron chi connectivity index (χ2n) is 6.09. The van der Waals surface area contributed by atoms with Crippen molar-refractivity contribution in [2.45, 2.75) is 19.2 Å². The van der Waals surface area contributed by atoms with E-state index in [1.165, 1.54) is 12.1 Å². The largest absolute Gasteiger partial charge is 0.416 e. The number of fused-ring (bicyclic) bond motifs is 1. The molecule has 4 nitrogen and oxygen atoms in total. The van der Waals surface area contributed by atoms with Crippen LogP contribution in [0, 0.1) is 6.92 Å². The van der Waals surface area contributed by atoms with Gasteiger partial charge < -0.3 is 4.98 Å². The molecule has 0 aliphatic rings. The molecule has 3 rings (SSSR count). The van der Waals surface area contributed by atoms with E-state index in [1.807, 2.05) is 25.1 Å². The van der Waals surface area contributed by atoms with Crippen LogP contribution >= 0.6 is 0 Å². The van der Waals surface area contributed by atoms with Crippen molar-refractivity contribution >= 4 is 21.0 Å². The summed E-state index contributed by atoms with van der Waals surface area (Å²) in [6, 6.07) is 9.89. The number of nitrogens with one attached hydrogen (secondary N) is 1. The van der Waals surface area contributed by atoms with Crippen LogP contribution in [0.3, 0.4) is 0 Å². The number of hydrogen-bond donors (Lipinski definition) is 1. The molecular weight excluding hydrogens is 367 g/mol. The summed E-state index contributed by atoms with van der Waals surface area (Å²) < 4.78 is 67.0. The normalized spacial score (nSPS) is 13.9. The highest BCUT2D eigenvalue weighted by atomic mass is 32.2. The Labute approximate surface area is 148 Å². The van der Waals surface area contributed by atoms with Crippen molar-refractivity contribution in [3.63, 3.8) is 0 Å². The minimum Gasteiger partial charge on any atom is -0.361 e. The fourth-order valence-electron chi connectivity index (χ4n) is 2.78. The number of aromatic amines is 1. The van der Waals surface area contributed by atoms with Crippen LogP contribution in [0.1, 0.15) is 28.4 Å². The molecule has 0 saturated heterocycles. The first kappa shape index (κ1) is 18.5. The molecule has 1 aromatic heterocycles. The molecule has 0 saturated carbocycles. The molecule has 3 aromatic rings. The van der Waals surface area contributed by atoms with Crippen LogP contribution in [0.15, 0.2) is 48.7 Å². The molecule has 138 valence electrons. The predicted molar refractivity (Wildman–Crippen MR) is 92.3 cm³/mol. The van der Waals surface area contributed by atoms with Gasteiger partial charge in [0.15, 0.2) is 0 Å². The smallest absolute Gasteiger partial charge is 0.361 e. The Bertz CT molecular complexity index is 1040. The van der Waals surface area contributed by atoms with E-state index in [4.69, 9.17) is 4.18 Å². The van der Waals surface area contributed by atoms with Gasteiger partial charge in [-0.15, -0.1) is 0 Å². The lowest BCUT2D eigenvalue weighted by Crippen LogP contribution is -2.12. The summed E-state index contributed by atoms with van der Waals surface area (Å²) in [7, 11) is -3.85. The van der Waals surface area contributed by atoms with E-state index >= 15 is 0 Å². The highest BCUT2D eigenvalue weighted by Crippen LogP contribution is 2.35. The molecule has 26 heavy (non-hydrogen) atoms. The number of aromatic nitrogens is 1. The second kappa shape index (κ2) is 6.44. The number of halogens is 3. The van der Waals surface area contributed by atoms with Gasteiger partial charge in [-0.1, -0.05) is 23.8 Å². The van der Waals surface area contributed by atoms with Crippen LogP contribution in [0.4, 0.5) is 13.2 Å². The Kier molecular flexibility index (Phi) is 4.58. The fourth-order valence-corrected chi connectivity index (χ4v) is 3.35. The van der Waals surface area contributed by atoms with Gasteiger partial charge in [0.1, 0.15) is 6.10 Å². The molecule has 8 heteroatoms. The van der Waals surface area contributed by atoms with E-state index in [0.717, 1.165) is 34.9 Å². The number of benzene rings is 2. The summed E-state index contributed by atoms with van der Waals surface area (Å²) in [6.07, 6.45) is -3.01. The predicted octanol–water partition coefficient (Wildman–Crippen LogP) is 4.56. The Hall–Kier alpha value is -2.32. The van der Waals surface area contributed by atoms with Crippen molar-refractivity contribution in [1.29, 1.82) is 0 Å². The second-order valence-corrected chi connectivity index (χ2v) is 7.69. The van der Waals surface area contributed by atoms with E-state index in [0.29, 0.717) is 11.1 Å². The minimum absolute atomic E-state index is 0.311. The van der Waals surface area contributed by atoms with Crippen LogP contribution in [0.25, 0.3) is 10.9 Å². The van der Waals surface area contributed by atoms with E-state index in [9.17, 15) is 21.6 Å². The lowest BCUT2D eigenvalue weighted by Gasteiger charge is -2.17. The molecule has 1 N–H and O–H groups in total. The van der Waals surface area contributed by atoms with Gasteiger partial charge in [-0.25, -0.2) is 0 Å². The summed E-state index contributed by atoms with van der Waals surface area (Å²) in [5.74, 6) is 0. The van der Waals surface area contributed by atoms with Crippen LogP contribution in [0.5, 0.6) is 0 Å². The highest BCUT2D eigenvalue weighted by molar-refractivity contribution is 7.86. The average Bonchev–Trinajstić information content (AvgIpc) is 2.94. The molecule has 1 unspecified atom stereocenters. The van der Waals surface area contributed by atoms with Crippen molar-refractivity contribution < 1.29 is 25.8 Å². The molecule has 0 aliphatic heterocycles. The maximum absolute atomic E-state index is 12.8. The van der Waals surface area contributed by atoms with Gasteiger partial charge in [0, 0.05) is 22.7 Å². The fraction of sp³-hybridized carbons (Fsp3) is 0.222. The monoisotopic (exact) mass is 383 g/mol. The van der Waals surface area contributed by atoms with Crippen molar-refractivity contribution in [1.82, 2.24) is 4.98 Å². The van der Waals surface area contributed by atoms with Crippen LogP contribution in [-0.4, -0.2) is 19.7 Å². The number of alkyl halides is 3. The molecule has 0 radical (unpaired) electrons. The maximum Gasteiger partial charge on any atom is 0.416 e. The first-order chi connectivity index (χ1) is 12.0. The number of hydrogen-bond acceptors (Lipinski definition) is 3. The zero-order valence-electron chi connectivity index (χ0n) is 14.0. The van der Waals surface area contributed by atoms with Crippen LogP contribution in [-0.2, 0) is 20.5 Å². The summed E-state index contributed by atoms with van der Waals surface area (Å²) in [6.45, 7) is 1.89.